The number of ether oxygens (including phenoxy) is 1. The van der Waals surface area contributed by atoms with Gasteiger partial charge in [0.05, 0.1) is 10.9 Å². The Morgan fingerprint density at radius 1 is 0.892 bits per heavy atom. The number of rotatable bonds is 6. The first-order chi connectivity index (χ1) is 17.8. The van der Waals surface area contributed by atoms with Crippen molar-refractivity contribution in [2.75, 3.05) is 0 Å². The Balaban J connectivity index is 1.45. The van der Waals surface area contributed by atoms with E-state index in [1.165, 1.54) is 76.0 Å². The van der Waals surface area contributed by atoms with Crippen LogP contribution in [-0.4, -0.2) is 22.1 Å². The van der Waals surface area contributed by atoms with Gasteiger partial charge in [-0.25, -0.2) is 0 Å². The molecule has 2 saturated carbocycles. The van der Waals surface area contributed by atoms with Crippen LogP contribution in [0, 0.1) is 0 Å². The van der Waals surface area contributed by atoms with Gasteiger partial charge in [-0.05, 0) is 60.9 Å². The molecule has 37 heavy (non-hydrogen) atoms. The third-order valence-electron chi connectivity index (χ3n) is 8.36. The van der Waals surface area contributed by atoms with Gasteiger partial charge in [0, 0.05) is 18.6 Å². The van der Waals surface area contributed by atoms with Gasteiger partial charge in [-0.2, -0.15) is 0 Å². The van der Waals surface area contributed by atoms with E-state index in [1.54, 1.807) is 12.1 Å². The second-order valence-electron chi connectivity index (χ2n) is 12.0. The van der Waals surface area contributed by atoms with Crippen LogP contribution in [0.2, 0.25) is 0 Å². The van der Waals surface area contributed by atoms with Crippen molar-refractivity contribution in [1.82, 2.24) is 4.90 Å². The minimum absolute atomic E-state index is 0.0437. The molecule has 2 aliphatic carbocycles. The minimum Gasteiger partial charge on any atom is -0.507 e. The molecule has 5 heteroatoms. The monoisotopic (exact) mass is 503 g/mol. The van der Waals surface area contributed by atoms with E-state index in [0.29, 0.717) is 40.9 Å². The van der Waals surface area contributed by atoms with Crippen molar-refractivity contribution < 1.29 is 14.3 Å². The van der Waals surface area contributed by atoms with E-state index in [0.717, 1.165) is 0 Å². The number of fused-ring (bicyclic) bond motifs is 1. The maximum Gasteiger partial charge on any atom is 0.235 e. The smallest absolute Gasteiger partial charge is 0.235 e. The Morgan fingerprint density at radius 3 is 2.05 bits per heavy atom. The van der Waals surface area contributed by atoms with Crippen LogP contribution in [-0.2, 0) is 12.0 Å². The summed E-state index contributed by atoms with van der Waals surface area (Å²) in [6, 6.07) is 12.2. The summed E-state index contributed by atoms with van der Waals surface area (Å²) >= 11 is 0. The van der Waals surface area contributed by atoms with Crippen LogP contribution in [0.15, 0.2) is 51.9 Å². The Labute approximate surface area is 220 Å². The van der Waals surface area contributed by atoms with Crippen molar-refractivity contribution >= 4 is 11.0 Å². The number of hydrogen-bond donors (Lipinski definition) is 1. The highest BCUT2D eigenvalue weighted by atomic mass is 16.5. The Morgan fingerprint density at radius 2 is 1.49 bits per heavy atom. The number of phenolic OH excluding ortho intramolecular Hbond substituents is 1. The van der Waals surface area contributed by atoms with Gasteiger partial charge in [0.25, 0.3) is 0 Å². The topological polar surface area (TPSA) is 62.9 Å². The fourth-order valence-corrected chi connectivity index (χ4v) is 6.17. The van der Waals surface area contributed by atoms with Crippen LogP contribution in [0.25, 0.3) is 11.0 Å². The van der Waals surface area contributed by atoms with E-state index in [2.05, 4.69) is 25.7 Å². The highest BCUT2D eigenvalue weighted by Gasteiger charge is 2.30. The molecule has 5 nitrogen and oxygen atoms in total. The molecule has 198 valence electrons. The zero-order valence-corrected chi connectivity index (χ0v) is 22.6. The van der Waals surface area contributed by atoms with Gasteiger partial charge >= 0.3 is 0 Å². The van der Waals surface area contributed by atoms with Gasteiger partial charge in [-0.15, -0.1) is 0 Å². The van der Waals surface area contributed by atoms with Gasteiger partial charge in [-0.1, -0.05) is 71.4 Å². The molecule has 0 radical (unpaired) electrons. The van der Waals surface area contributed by atoms with E-state index in [1.807, 2.05) is 24.3 Å². The standard InChI is InChI=1S/C32H41NO4/c1-32(2,3)22-14-16-25(17-15-22)37-29-21-36-31-26(30(29)35)18-19-28(34)27(31)20-33(23-10-6-4-7-11-23)24-12-8-5-9-13-24/h14-19,21,23-24,34H,4-13,20H2,1-3H3. The Bertz CT molecular complexity index is 1240. The van der Waals surface area contributed by atoms with E-state index in [-0.39, 0.29) is 22.3 Å². The zero-order chi connectivity index (χ0) is 26.0. The third kappa shape index (κ3) is 5.72. The molecule has 0 atom stereocenters. The average Bonchev–Trinajstić information content (AvgIpc) is 2.90. The molecule has 0 unspecified atom stereocenters. The molecule has 0 spiro atoms. The summed E-state index contributed by atoms with van der Waals surface area (Å²) in [5, 5.41) is 11.4. The molecule has 0 aliphatic heterocycles. The molecule has 3 aromatic rings. The fourth-order valence-electron chi connectivity index (χ4n) is 6.17. The summed E-state index contributed by atoms with van der Waals surface area (Å²) in [4.78, 5) is 16.1. The highest BCUT2D eigenvalue weighted by molar-refractivity contribution is 5.83. The molecule has 2 aromatic carbocycles. The molecule has 2 aliphatic rings. The lowest BCUT2D eigenvalue weighted by molar-refractivity contribution is 0.0725. The minimum atomic E-state index is -0.218. The highest BCUT2D eigenvalue weighted by Crippen LogP contribution is 2.36. The van der Waals surface area contributed by atoms with Crippen molar-refractivity contribution in [1.29, 1.82) is 0 Å². The van der Waals surface area contributed by atoms with E-state index >= 15 is 0 Å². The van der Waals surface area contributed by atoms with Gasteiger partial charge in [0.15, 0.2) is 0 Å². The molecule has 5 rings (SSSR count). The quantitative estimate of drug-likeness (QED) is 0.369. The third-order valence-corrected chi connectivity index (χ3v) is 8.36. The van der Waals surface area contributed by atoms with E-state index in [9.17, 15) is 9.90 Å². The normalized spacial score (nSPS) is 17.9. The number of benzene rings is 2. The van der Waals surface area contributed by atoms with E-state index in [4.69, 9.17) is 9.15 Å². The first-order valence-electron chi connectivity index (χ1n) is 14.1. The number of aromatic hydroxyl groups is 1. The summed E-state index contributed by atoms with van der Waals surface area (Å²) < 4.78 is 12.0. The van der Waals surface area contributed by atoms with Crippen molar-refractivity contribution in [2.24, 2.45) is 0 Å². The molecule has 0 bridgehead atoms. The fraction of sp³-hybridized carbons (Fsp3) is 0.531. The van der Waals surface area contributed by atoms with Crippen molar-refractivity contribution in [2.45, 2.75) is 109 Å². The summed E-state index contributed by atoms with van der Waals surface area (Å²) in [6.07, 6.45) is 13.9. The molecule has 1 aromatic heterocycles. The molecule has 1 heterocycles. The van der Waals surface area contributed by atoms with Crippen LogP contribution in [0.4, 0.5) is 0 Å². The lowest BCUT2D eigenvalue weighted by atomic mass is 9.87. The largest absolute Gasteiger partial charge is 0.507 e. The van der Waals surface area contributed by atoms with Crippen LogP contribution >= 0.6 is 0 Å². The maximum absolute atomic E-state index is 13.4. The second kappa shape index (κ2) is 10.9. The van der Waals surface area contributed by atoms with Gasteiger partial charge in [0.2, 0.25) is 11.2 Å². The maximum atomic E-state index is 13.4. The van der Waals surface area contributed by atoms with Crippen molar-refractivity contribution in [3.8, 4) is 17.2 Å². The predicted octanol–water partition coefficient (Wildman–Crippen LogP) is 8.06. The predicted molar refractivity (Wildman–Crippen MR) is 149 cm³/mol. The van der Waals surface area contributed by atoms with Gasteiger partial charge in [-0.3, -0.25) is 9.69 Å². The first kappa shape index (κ1) is 25.8. The molecule has 1 N–H and O–H groups in total. The number of nitrogens with zero attached hydrogens (tertiary/aromatic N) is 1. The van der Waals surface area contributed by atoms with Crippen molar-refractivity contribution in [3.63, 3.8) is 0 Å². The molecule has 2 fully saturated rings. The lowest BCUT2D eigenvalue weighted by Gasteiger charge is -2.41. The zero-order valence-electron chi connectivity index (χ0n) is 22.6. The number of phenols is 1. The number of hydrogen-bond acceptors (Lipinski definition) is 5. The SMILES string of the molecule is CC(C)(C)c1ccc(Oc2coc3c(CN(C4CCCCC4)C4CCCCC4)c(O)ccc3c2=O)cc1. The van der Waals surface area contributed by atoms with Crippen LogP contribution in [0.3, 0.4) is 0 Å². The van der Waals surface area contributed by atoms with Gasteiger partial charge in [0.1, 0.15) is 23.3 Å². The molecular formula is C32H41NO4. The van der Waals surface area contributed by atoms with Gasteiger partial charge < -0.3 is 14.3 Å². The lowest BCUT2D eigenvalue weighted by Crippen LogP contribution is -2.44. The Kier molecular flexibility index (Phi) is 7.62. The van der Waals surface area contributed by atoms with E-state index < -0.39 is 0 Å². The molecular weight excluding hydrogens is 462 g/mol. The average molecular weight is 504 g/mol. The summed E-state index contributed by atoms with van der Waals surface area (Å²) in [6.45, 7) is 7.10. The van der Waals surface area contributed by atoms with Crippen LogP contribution in [0.5, 0.6) is 17.2 Å². The first-order valence-corrected chi connectivity index (χ1v) is 14.1. The van der Waals surface area contributed by atoms with Crippen molar-refractivity contribution in [3.05, 3.63) is 64.0 Å². The second-order valence-corrected chi connectivity index (χ2v) is 12.0. The van der Waals surface area contributed by atoms with Crippen LogP contribution in [0.1, 0.15) is 96.1 Å². The summed E-state index contributed by atoms with van der Waals surface area (Å²) in [7, 11) is 0. The van der Waals surface area contributed by atoms with Crippen LogP contribution < -0.4 is 10.2 Å². The molecule has 0 saturated heterocycles. The summed E-state index contributed by atoms with van der Waals surface area (Å²) in [5.41, 5.74) is 2.21. The molecule has 0 amide bonds. The summed E-state index contributed by atoms with van der Waals surface area (Å²) in [5.74, 6) is 0.946. The Hall–Kier alpha value is -2.79.